The fraction of sp³-hybridized carbons (Fsp3) is 0.261. The molecule has 0 radical (unpaired) electrons. The summed E-state index contributed by atoms with van der Waals surface area (Å²) < 4.78 is 13.2. The summed E-state index contributed by atoms with van der Waals surface area (Å²) in [4.78, 5) is 21.9. The van der Waals surface area contributed by atoms with E-state index in [-0.39, 0.29) is 11.6 Å². The van der Waals surface area contributed by atoms with Gasteiger partial charge in [0.05, 0.1) is 36.5 Å². The predicted octanol–water partition coefficient (Wildman–Crippen LogP) is 3.91. The molecule has 0 aliphatic heterocycles. The minimum atomic E-state index is -0.0267. The Bertz CT molecular complexity index is 1260. The zero-order valence-electron chi connectivity index (χ0n) is 16.2. The number of fused-ring (bicyclic) bond motifs is 2. The average molecular weight is 387 g/mol. The van der Waals surface area contributed by atoms with Crippen LogP contribution in [0.5, 0.6) is 11.5 Å². The number of methoxy groups -OCH3 is 1. The van der Waals surface area contributed by atoms with Gasteiger partial charge < -0.3 is 9.47 Å². The van der Waals surface area contributed by atoms with Crippen LogP contribution in [-0.4, -0.2) is 28.3 Å². The van der Waals surface area contributed by atoms with Crippen LogP contribution in [0, 0.1) is 0 Å². The second-order valence-corrected chi connectivity index (χ2v) is 7.30. The third-order valence-electron chi connectivity index (χ3n) is 5.28. The second kappa shape index (κ2) is 7.20. The van der Waals surface area contributed by atoms with Gasteiger partial charge >= 0.3 is 0 Å². The molecule has 0 bridgehead atoms. The molecule has 6 heteroatoms. The maximum Gasteiger partial charge on any atom is 0.261 e. The van der Waals surface area contributed by atoms with Gasteiger partial charge in [0.25, 0.3) is 5.56 Å². The van der Waals surface area contributed by atoms with Crippen LogP contribution in [0.1, 0.15) is 24.6 Å². The maximum atomic E-state index is 12.8. The smallest absolute Gasteiger partial charge is 0.261 e. The van der Waals surface area contributed by atoms with Gasteiger partial charge in [-0.1, -0.05) is 24.3 Å². The fourth-order valence-corrected chi connectivity index (χ4v) is 3.54. The molecule has 2 aromatic carbocycles. The highest BCUT2D eigenvalue weighted by molar-refractivity contribution is 5.81. The van der Waals surface area contributed by atoms with Crippen LogP contribution in [0.15, 0.2) is 59.7 Å². The van der Waals surface area contributed by atoms with Crippen molar-refractivity contribution in [2.24, 2.45) is 0 Å². The second-order valence-electron chi connectivity index (χ2n) is 7.30. The molecule has 29 heavy (non-hydrogen) atoms. The van der Waals surface area contributed by atoms with Gasteiger partial charge in [0, 0.05) is 29.6 Å². The molecule has 0 atom stereocenters. The van der Waals surface area contributed by atoms with Gasteiger partial charge in [-0.05, 0) is 31.0 Å². The number of pyridine rings is 1. The van der Waals surface area contributed by atoms with E-state index in [2.05, 4.69) is 16.0 Å². The van der Waals surface area contributed by atoms with Gasteiger partial charge in [-0.2, -0.15) is 0 Å². The van der Waals surface area contributed by atoms with E-state index in [0.717, 1.165) is 29.4 Å². The van der Waals surface area contributed by atoms with Crippen LogP contribution in [0.3, 0.4) is 0 Å². The van der Waals surface area contributed by atoms with Crippen LogP contribution in [0.25, 0.3) is 21.8 Å². The summed E-state index contributed by atoms with van der Waals surface area (Å²) in [5.74, 6) is 1.12. The van der Waals surface area contributed by atoms with Crippen molar-refractivity contribution in [1.82, 2.24) is 14.5 Å². The molecule has 1 aliphatic rings. The summed E-state index contributed by atoms with van der Waals surface area (Å²) in [5.41, 5.74) is 2.52. The lowest BCUT2D eigenvalue weighted by atomic mass is 10.2. The third-order valence-corrected chi connectivity index (χ3v) is 5.28. The van der Waals surface area contributed by atoms with E-state index in [0.29, 0.717) is 35.4 Å². The molecule has 0 spiro atoms. The maximum absolute atomic E-state index is 12.8. The van der Waals surface area contributed by atoms with Crippen LogP contribution in [0.4, 0.5) is 0 Å². The lowest BCUT2D eigenvalue weighted by Crippen LogP contribution is -2.19. The van der Waals surface area contributed by atoms with Crippen molar-refractivity contribution in [2.75, 3.05) is 13.7 Å². The lowest BCUT2D eigenvalue weighted by molar-refractivity contribution is 0.297. The van der Waals surface area contributed by atoms with E-state index in [4.69, 9.17) is 9.47 Å². The van der Waals surface area contributed by atoms with Crippen LogP contribution >= 0.6 is 0 Å². The van der Waals surface area contributed by atoms with E-state index in [9.17, 15) is 4.79 Å². The largest absolute Gasteiger partial charge is 0.493 e. The minimum Gasteiger partial charge on any atom is -0.493 e. The topological polar surface area (TPSA) is 66.2 Å². The van der Waals surface area contributed by atoms with Gasteiger partial charge in [0.15, 0.2) is 11.5 Å². The zero-order chi connectivity index (χ0) is 19.8. The predicted molar refractivity (Wildman–Crippen MR) is 112 cm³/mol. The first-order chi connectivity index (χ1) is 14.2. The summed E-state index contributed by atoms with van der Waals surface area (Å²) in [6.45, 7) is 0.435. The van der Waals surface area contributed by atoms with Gasteiger partial charge in [-0.15, -0.1) is 0 Å². The van der Waals surface area contributed by atoms with Gasteiger partial charge in [0.1, 0.15) is 0 Å². The molecule has 146 valence electrons. The first-order valence-corrected chi connectivity index (χ1v) is 9.79. The van der Waals surface area contributed by atoms with Crippen molar-refractivity contribution in [3.05, 3.63) is 70.9 Å². The number of para-hydroxylation sites is 1. The fourth-order valence-electron chi connectivity index (χ4n) is 3.54. The average Bonchev–Trinajstić information content (AvgIpc) is 3.59. The Morgan fingerprint density at radius 1 is 1.07 bits per heavy atom. The van der Waals surface area contributed by atoms with E-state index < -0.39 is 0 Å². The first-order valence-electron chi connectivity index (χ1n) is 9.79. The summed E-state index contributed by atoms with van der Waals surface area (Å²) >= 11 is 0. The lowest BCUT2D eigenvalue weighted by Gasteiger charge is -2.12. The summed E-state index contributed by atoms with van der Waals surface area (Å²) in [5, 5.41) is 1.67. The Balaban J connectivity index is 1.39. The number of nitrogens with zero attached hydrogens (tertiary/aromatic N) is 3. The van der Waals surface area contributed by atoms with Crippen LogP contribution in [0.2, 0.25) is 0 Å². The van der Waals surface area contributed by atoms with Gasteiger partial charge in [0.2, 0.25) is 0 Å². The minimum absolute atomic E-state index is 0.0267. The highest BCUT2D eigenvalue weighted by atomic mass is 16.5. The molecule has 2 heterocycles. The summed E-state index contributed by atoms with van der Waals surface area (Å²) in [7, 11) is 1.59. The van der Waals surface area contributed by atoms with E-state index in [1.165, 1.54) is 0 Å². The molecule has 1 aliphatic carbocycles. The Morgan fingerprint density at radius 3 is 2.76 bits per heavy atom. The van der Waals surface area contributed by atoms with Crippen molar-refractivity contribution in [2.45, 2.75) is 25.3 Å². The molecule has 5 rings (SSSR count). The van der Waals surface area contributed by atoms with Crippen molar-refractivity contribution >= 4 is 21.8 Å². The monoisotopic (exact) mass is 387 g/mol. The van der Waals surface area contributed by atoms with Crippen LogP contribution < -0.4 is 15.0 Å². The number of hydrogen-bond donors (Lipinski definition) is 0. The van der Waals surface area contributed by atoms with E-state index >= 15 is 0 Å². The first kappa shape index (κ1) is 17.7. The molecular weight excluding hydrogens is 366 g/mol. The number of hydrogen-bond acceptors (Lipinski definition) is 5. The molecule has 1 fully saturated rings. The molecule has 0 N–H and O–H groups in total. The van der Waals surface area contributed by atoms with Crippen molar-refractivity contribution in [3.8, 4) is 11.5 Å². The van der Waals surface area contributed by atoms with Crippen molar-refractivity contribution < 1.29 is 9.47 Å². The number of rotatable bonds is 6. The molecule has 0 amide bonds. The molecule has 1 saturated carbocycles. The van der Waals surface area contributed by atoms with Crippen molar-refractivity contribution in [3.63, 3.8) is 0 Å². The Kier molecular flexibility index (Phi) is 4.39. The number of benzene rings is 2. The highest BCUT2D eigenvalue weighted by Crippen LogP contribution is 2.35. The number of aromatic nitrogens is 3. The third kappa shape index (κ3) is 3.42. The Labute approximate surface area is 167 Å². The Morgan fingerprint density at radius 2 is 1.93 bits per heavy atom. The van der Waals surface area contributed by atoms with Crippen molar-refractivity contribution in [1.29, 1.82) is 0 Å². The molecule has 0 saturated heterocycles. The normalized spacial score (nSPS) is 13.7. The van der Waals surface area contributed by atoms with E-state index in [1.807, 2.05) is 30.3 Å². The summed E-state index contributed by atoms with van der Waals surface area (Å²) in [6, 6.07) is 15.9. The zero-order valence-corrected chi connectivity index (χ0v) is 16.2. The van der Waals surface area contributed by atoms with Gasteiger partial charge in [-0.25, -0.2) is 4.98 Å². The molecule has 2 aromatic heterocycles. The molecule has 0 unspecified atom stereocenters. The molecule has 6 nitrogen and oxygen atoms in total. The summed E-state index contributed by atoms with van der Waals surface area (Å²) in [6.07, 6.45) is 4.36. The highest BCUT2D eigenvalue weighted by Gasteiger charge is 2.25. The quantitative estimate of drug-likeness (QED) is 0.502. The molecule has 4 aromatic rings. The SMILES string of the molecule is COc1cc2ncn(C3CC3)c(=O)c2cc1OCCc1ccc2ccccc2n1. The van der Waals surface area contributed by atoms with Crippen LogP contribution in [-0.2, 0) is 6.42 Å². The molecular formula is C23H21N3O3. The Hall–Kier alpha value is -3.41. The standard InChI is InChI=1S/C23H21N3O3/c1-28-21-13-20-18(23(27)26(14-24-20)17-8-9-17)12-22(21)29-11-10-16-7-6-15-4-2-3-5-19(15)25-16/h2-7,12-14,17H,8-11H2,1H3. The number of ether oxygens (including phenoxy) is 2. The van der Waals surface area contributed by atoms with Gasteiger partial charge in [-0.3, -0.25) is 14.3 Å². The van der Waals surface area contributed by atoms with E-state index in [1.54, 1.807) is 30.1 Å².